The van der Waals surface area contributed by atoms with Gasteiger partial charge in [-0.15, -0.1) is 11.3 Å². The number of sulfonamides is 1. The largest absolute Gasteiger partial charge is 0.309 e. The summed E-state index contributed by atoms with van der Waals surface area (Å²) in [6.07, 6.45) is 6.76. The van der Waals surface area contributed by atoms with Crippen LogP contribution in [-0.4, -0.2) is 20.5 Å². The van der Waals surface area contributed by atoms with Crippen molar-refractivity contribution in [3.05, 3.63) is 16.3 Å². The molecule has 6 heteroatoms. The third kappa shape index (κ3) is 5.70. The van der Waals surface area contributed by atoms with Crippen LogP contribution in [0.1, 0.15) is 57.2 Å². The fraction of sp³-hybridized carbons (Fsp3) is 0.733. The van der Waals surface area contributed by atoms with E-state index < -0.39 is 10.0 Å². The van der Waals surface area contributed by atoms with Gasteiger partial charge in [-0.2, -0.15) is 0 Å². The van der Waals surface area contributed by atoms with Gasteiger partial charge in [0.25, 0.3) is 0 Å². The molecule has 0 aromatic carbocycles. The molecule has 0 radical (unpaired) electrons. The average molecular weight is 331 g/mol. The fourth-order valence-electron chi connectivity index (χ4n) is 2.22. The summed E-state index contributed by atoms with van der Waals surface area (Å²) in [4.78, 5) is 1.49. The van der Waals surface area contributed by atoms with Gasteiger partial charge in [0.2, 0.25) is 10.0 Å². The first-order chi connectivity index (χ1) is 10.0. The van der Waals surface area contributed by atoms with E-state index >= 15 is 0 Å². The van der Waals surface area contributed by atoms with E-state index in [-0.39, 0.29) is 6.04 Å². The van der Waals surface area contributed by atoms with E-state index in [1.54, 1.807) is 11.4 Å². The van der Waals surface area contributed by atoms with Crippen LogP contribution in [0.15, 0.2) is 16.3 Å². The lowest BCUT2D eigenvalue weighted by Gasteiger charge is -2.13. The van der Waals surface area contributed by atoms with Gasteiger partial charge in [-0.25, -0.2) is 13.1 Å². The van der Waals surface area contributed by atoms with Crippen molar-refractivity contribution < 1.29 is 8.42 Å². The van der Waals surface area contributed by atoms with Gasteiger partial charge in [-0.05, 0) is 32.3 Å². The molecule has 4 nitrogen and oxygen atoms in total. The van der Waals surface area contributed by atoms with Crippen LogP contribution in [0.4, 0.5) is 0 Å². The van der Waals surface area contributed by atoms with Gasteiger partial charge in [-0.1, -0.05) is 26.2 Å². The van der Waals surface area contributed by atoms with Gasteiger partial charge < -0.3 is 5.32 Å². The van der Waals surface area contributed by atoms with E-state index in [0.29, 0.717) is 10.9 Å². The van der Waals surface area contributed by atoms with E-state index in [4.69, 9.17) is 0 Å². The SMILES string of the molecule is CCCCCC(C)NS(=O)(=O)c1csc(CNC2CC2)c1. The van der Waals surface area contributed by atoms with Crippen LogP contribution in [-0.2, 0) is 16.6 Å². The van der Waals surface area contributed by atoms with Crippen LogP contribution in [0.25, 0.3) is 0 Å². The number of thiophene rings is 1. The maximum Gasteiger partial charge on any atom is 0.241 e. The molecule has 1 fully saturated rings. The summed E-state index contributed by atoms with van der Waals surface area (Å²) in [5.74, 6) is 0. The smallest absolute Gasteiger partial charge is 0.241 e. The van der Waals surface area contributed by atoms with Crippen molar-refractivity contribution in [1.29, 1.82) is 0 Å². The standard InChI is InChI=1S/C15H26N2O2S2/c1-3-4-5-6-12(2)17-21(18,19)15-9-14(20-11-15)10-16-13-7-8-13/h9,11-13,16-17H,3-8,10H2,1-2H3. The van der Waals surface area contributed by atoms with Gasteiger partial charge >= 0.3 is 0 Å². The lowest BCUT2D eigenvalue weighted by Crippen LogP contribution is -2.32. The molecular formula is C15H26N2O2S2. The maximum atomic E-state index is 12.3. The number of hydrogen-bond donors (Lipinski definition) is 2. The van der Waals surface area contributed by atoms with Crippen LogP contribution in [0.5, 0.6) is 0 Å². The first-order valence-electron chi connectivity index (χ1n) is 7.84. The lowest BCUT2D eigenvalue weighted by molar-refractivity contribution is 0.527. The van der Waals surface area contributed by atoms with Crippen LogP contribution < -0.4 is 10.0 Å². The topological polar surface area (TPSA) is 58.2 Å². The van der Waals surface area contributed by atoms with E-state index in [1.165, 1.54) is 24.2 Å². The highest BCUT2D eigenvalue weighted by Gasteiger charge is 2.22. The highest BCUT2D eigenvalue weighted by molar-refractivity contribution is 7.89. The molecule has 1 aromatic heterocycles. The normalized spacial score (nSPS) is 17.0. The minimum atomic E-state index is -3.37. The quantitative estimate of drug-likeness (QED) is 0.648. The van der Waals surface area contributed by atoms with E-state index in [9.17, 15) is 8.42 Å². The molecule has 21 heavy (non-hydrogen) atoms. The monoisotopic (exact) mass is 330 g/mol. The minimum absolute atomic E-state index is 0.00510. The molecule has 1 atom stereocenters. The van der Waals surface area contributed by atoms with Crippen LogP contribution >= 0.6 is 11.3 Å². The summed E-state index contributed by atoms with van der Waals surface area (Å²) in [7, 11) is -3.37. The second-order valence-corrected chi connectivity index (χ2v) is 8.63. The summed E-state index contributed by atoms with van der Waals surface area (Å²) in [6, 6.07) is 2.43. The van der Waals surface area contributed by atoms with Gasteiger partial charge in [0.1, 0.15) is 0 Å². The lowest BCUT2D eigenvalue weighted by atomic mass is 10.1. The Kier molecular flexibility index (Phi) is 6.22. The summed E-state index contributed by atoms with van der Waals surface area (Å²) in [5, 5.41) is 5.15. The minimum Gasteiger partial charge on any atom is -0.309 e. The first-order valence-corrected chi connectivity index (χ1v) is 10.2. The zero-order valence-corrected chi connectivity index (χ0v) is 14.5. The van der Waals surface area contributed by atoms with Gasteiger partial charge in [0.05, 0.1) is 4.90 Å². The Morgan fingerprint density at radius 2 is 2.14 bits per heavy atom. The van der Waals surface area contributed by atoms with Crippen molar-refractivity contribution in [2.24, 2.45) is 0 Å². The van der Waals surface area contributed by atoms with Crippen LogP contribution in [0.2, 0.25) is 0 Å². The molecule has 0 saturated heterocycles. The van der Waals surface area contributed by atoms with Gasteiger partial charge in [0.15, 0.2) is 0 Å². The Labute approximate surface area is 132 Å². The number of unbranched alkanes of at least 4 members (excludes halogenated alkanes) is 2. The average Bonchev–Trinajstić information content (AvgIpc) is 3.12. The number of rotatable bonds is 10. The molecular weight excluding hydrogens is 304 g/mol. The molecule has 120 valence electrons. The fourth-order valence-corrected chi connectivity index (χ4v) is 4.72. The molecule has 1 aliphatic rings. The molecule has 1 saturated carbocycles. The van der Waals surface area contributed by atoms with E-state index in [0.717, 1.165) is 37.1 Å². The van der Waals surface area contributed by atoms with Crippen LogP contribution in [0.3, 0.4) is 0 Å². The Hall–Kier alpha value is -0.430. The molecule has 2 N–H and O–H groups in total. The van der Waals surface area contributed by atoms with E-state index in [1.807, 2.05) is 6.92 Å². The van der Waals surface area contributed by atoms with E-state index in [2.05, 4.69) is 17.0 Å². The Bertz CT molecular complexity index is 536. The highest BCUT2D eigenvalue weighted by Crippen LogP contribution is 2.23. The van der Waals surface area contributed by atoms with Crippen molar-refractivity contribution >= 4 is 21.4 Å². The maximum absolute atomic E-state index is 12.3. The summed E-state index contributed by atoms with van der Waals surface area (Å²) < 4.78 is 27.4. The number of nitrogens with one attached hydrogen (secondary N) is 2. The predicted octanol–water partition coefficient (Wildman–Crippen LogP) is 3.25. The molecule has 1 aromatic rings. The Morgan fingerprint density at radius 1 is 1.38 bits per heavy atom. The van der Waals surface area contributed by atoms with Crippen molar-refractivity contribution in [1.82, 2.24) is 10.0 Å². The third-order valence-corrected chi connectivity index (χ3v) is 6.33. The molecule has 1 heterocycles. The van der Waals surface area contributed by atoms with Gasteiger partial charge in [0, 0.05) is 28.9 Å². The molecule has 0 aliphatic heterocycles. The zero-order chi connectivity index (χ0) is 15.3. The molecule has 0 spiro atoms. The zero-order valence-electron chi connectivity index (χ0n) is 12.9. The van der Waals surface area contributed by atoms with Gasteiger partial charge in [-0.3, -0.25) is 0 Å². The molecule has 1 unspecified atom stereocenters. The third-order valence-electron chi connectivity index (χ3n) is 3.68. The molecule has 0 bridgehead atoms. The molecule has 2 rings (SSSR count). The predicted molar refractivity (Wildman–Crippen MR) is 88.1 cm³/mol. The number of hydrogen-bond acceptors (Lipinski definition) is 4. The summed E-state index contributed by atoms with van der Waals surface area (Å²) >= 11 is 1.51. The second kappa shape index (κ2) is 7.72. The molecule has 1 aliphatic carbocycles. The highest BCUT2D eigenvalue weighted by atomic mass is 32.2. The Morgan fingerprint density at radius 3 is 2.81 bits per heavy atom. The summed E-state index contributed by atoms with van der Waals surface area (Å²) in [5.41, 5.74) is 0. The summed E-state index contributed by atoms with van der Waals surface area (Å²) in [6.45, 7) is 4.86. The van der Waals surface area contributed by atoms with Crippen molar-refractivity contribution in [3.63, 3.8) is 0 Å². The first kappa shape index (κ1) is 16.9. The van der Waals surface area contributed by atoms with Crippen molar-refractivity contribution in [2.75, 3.05) is 0 Å². The Balaban J connectivity index is 1.85. The van der Waals surface area contributed by atoms with Crippen molar-refractivity contribution in [2.45, 2.75) is 75.9 Å². The van der Waals surface area contributed by atoms with Crippen molar-refractivity contribution in [3.8, 4) is 0 Å². The van der Waals surface area contributed by atoms with Crippen LogP contribution in [0, 0.1) is 0 Å². The second-order valence-electron chi connectivity index (χ2n) is 5.92. The molecule has 0 amide bonds.